The number of carbonyl (C=O) groups excluding carboxylic acids is 1. The number of ether oxygens (including phenoxy) is 1. The molecule has 2 aromatic carbocycles. The Morgan fingerprint density at radius 1 is 1.11 bits per heavy atom. The quantitative estimate of drug-likeness (QED) is 0.847. The van der Waals surface area contributed by atoms with Gasteiger partial charge in [0, 0.05) is 25.8 Å². The molecule has 0 bridgehead atoms. The van der Waals surface area contributed by atoms with Gasteiger partial charge in [0.1, 0.15) is 0 Å². The van der Waals surface area contributed by atoms with Gasteiger partial charge in [0.15, 0.2) is 0 Å². The van der Waals surface area contributed by atoms with Gasteiger partial charge in [-0.05, 0) is 54.5 Å². The lowest BCUT2D eigenvalue weighted by Gasteiger charge is -2.32. The fourth-order valence-electron chi connectivity index (χ4n) is 3.70. The SMILES string of the molecule is COCc1cccc(C(=O)N2CCC(Cc3ccccc3C(=O)O)CC2)c1. The van der Waals surface area contributed by atoms with E-state index in [9.17, 15) is 14.7 Å². The second-order valence-electron chi connectivity index (χ2n) is 7.04. The first-order chi connectivity index (χ1) is 13.1. The molecule has 1 amide bonds. The number of likely N-dealkylation sites (tertiary alicyclic amines) is 1. The summed E-state index contributed by atoms with van der Waals surface area (Å²) >= 11 is 0. The number of hydrogen-bond acceptors (Lipinski definition) is 3. The number of rotatable bonds is 6. The van der Waals surface area contributed by atoms with Gasteiger partial charge in [-0.3, -0.25) is 4.79 Å². The molecule has 0 aliphatic carbocycles. The number of aromatic carboxylic acids is 1. The van der Waals surface area contributed by atoms with Crippen LogP contribution in [0, 0.1) is 5.92 Å². The third kappa shape index (κ3) is 4.74. The van der Waals surface area contributed by atoms with Crippen molar-refractivity contribution in [3.05, 3.63) is 70.8 Å². The van der Waals surface area contributed by atoms with Gasteiger partial charge in [-0.2, -0.15) is 0 Å². The second kappa shape index (κ2) is 8.82. The third-order valence-electron chi connectivity index (χ3n) is 5.14. The minimum Gasteiger partial charge on any atom is -0.478 e. The Kier molecular flexibility index (Phi) is 6.24. The van der Waals surface area contributed by atoms with Crippen molar-refractivity contribution in [2.45, 2.75) is 25.9 Å². The van der Waals surface area contributed by atoms with Crippen LogP contribution in [0.15, 0.2) is 48.5 Å². The van der Waals surface area contributed by atoms with Crippen LogP contribution in [0.25, 0.3) is 0 Å². The molecule has 0 spiro atoms. The van der Waals surface area contributed by atoms with Crippen LogP contribution in [-0.4, -0.2) is 42.1 Å². The summed E-state index contributed by atoms with van der Waals surface area (Å²) in [5, 5.41) is 9.33. The van der Waals surface area contributed by atoms with E-state index < -0.39 is 5.97 Å². The maximum atomic E-state index is 12.8. The predicted molar refractivity (Wildman–Crippen MR) is 103 cm³/mol. The topological polar surface area (TPSA) is 66.8 Å². The van der Waals surface area contributed by atoms with Gasteiger partial charge in [-0.1, -0.05) is 30.3 Å². The van der Waals surface area contributed by atoms with Crippen LogP contribution in [-0.2, 0) is 17.8 Å². The van der Waals surface area contributed by atoms with Crippen LogP contribution in [0.2, 0.25) is 0 Å². The van der Waals surface area contributed by atoms with Crippen molar-refractivity contribution in [3.63, 3.8) is 0 Å². The molecular weight excluding hydrogens is 342 g/mol. The number of methoxy groups -OCH3 is 1. The third-order valence-corrected chi connectivity index (χ3v) is 5.14. The van der Waals surface area contributed by atoms with E-state index >= 15 is 0 Å². The lowest BCUT2D eigenvalue weighted by Crippen LogP contribution is -2.39. The Hall–Kier alpha value is -2.66. The zero-order valence-electron chi connectivity index (χ0n) is 15.6. The molecule has 5 heteroatoms. The Labute approximate surface area is 159 Å². The number of piperidine rings is 1. The minimum absolute atomic E-state index is 0.0531. The number of hydrogen-bond donors (Lipinski definition) is 1. The Balaban J connectivity index is 1.60. The van der Waals surface area contributed by atoms with Gasteiger partial charge in [-0.25, -0.2) is 4.79 Å². The number of carboxylic acid groups (broad SMARTS) is 1. The fraction of sp³-hybridized carbons (Fsp3) is 0.364. The van der Waals surface area contributed by atoms with E-state index in [-0.39, 0.29) is 5.91 Å². The number of carboxylic acids is 1. The Bertz CT molecular complexity index is 809. The summed E-state index contributed by atoms with van der Waals surface area (Å²) in [7, 11) is 1.64. The lowest BCUT2D eigenvalue weighted by molar-refractivity contribution is 0.0690. The van der Waals surface area contributed by atoms with Crippen LogP contribution in [0.4, 0.5) is 0 Å². The zero-order valence-corrected chi connectivity index (χ0v) is 15.6. The minimum atomic E-state index is -0.880. The molecule has 0 unspecified atom stereocenters. The van der Waals surface area contributed by atoms with Crippen molar-refractivity contribution >= 4 is 11.9 Å². The zero-order chi connectivity index (χ0) is 19.2. The van der Waals surface area contributed by atoms with Crippen molar-refractivity contribution in [3.8, 4) is 0 Å². The molecule has 0 atom stereocenters. The number of amides is 1. The van der Waals surface area contributed by atoms with Crippen LogP contribution in [0.1, 0.15) is 44.7 Å². The predicted octanol–water partition coefficient (Wildman–Crippen LogP) is 3.63. The smallest absolute Gasteiger partial charge is 0.335 e. The molecule has 1 N–H and O–H groups in total. The summed E-state index contributed by atoms with van der Waals surface area (Å²) in [6, 6.07) is 14.8. The van der Waals surface area contributed by atoms with E-state index in [1.54, 1.807) is 19.2 Å². The van der Waals surface area contributed by atoms with Crippen molar-refractivity contribution in [2.75, 3.05) is 20.2 Å². The maximum absolute atomic E-state index is 12.8. The van der Waals surface area contributed by atoms with Crippen LogP contribution in [0.5, 0.6) is 0 Å². The largest absolute Gasteiger partial charge is 0.478 e. The highest BCUT2D eigenvalue weighted by molar-refractivity contribution is 5.94. The molecule has 142 valence electrons. The summed E-state index contributed by atoms with van der Waals surface area (Å²) in [6.07, 6.45) is 2.52. The van der Waals surface area contributed by atoms with Crippen molar-refractivity contribution < 1.29 is 19.4 Å². The maximum Gasteiger partial charge on any atom is 0.335 e. The molecule has 0 aromatic heterocycles. The van der Waals surface area contributed by atoms with Crippen LogP contribution < -0.4 is 0 Å². The molecule has 5 nitrogen and oxygen atoms in total. The molecule has 2 aromatic rings. The molecule has 1 heterocycles. The van der Waals surface area contributed by atoms with Gasteiger partial charge in [0.05, 0.1) is 12.2 Å². The Morgan fingerprint density at radius 2 is 1.85 bits per heavy atom. The summed E-state index contributed by atoms with van der Waals surface area (Å²) in [5.41, 5.74) is 2.94. The summed E-state index contributed by atoms with van der Waals surface area (Å²) in [6.45, 7) is 1.90. The average Bonchev–Trinajstić information content (AvgIpc) is 2.69. The summed E-state index contributed by atoms with van der Waals surface area (Å²) in [4.78, 5) is 26.0. The van der Waals surface area contributed by atoms with E-state index in [2.05, 4.69) is 0 Å². The molecule has 1 fully saturated rings. The summed E-state index contributed by atoms with van der Waals surface area (Å²) < 4.78 is 5.14. The molecule has 1 saturated heterocycles. The first-order valence-electron chi connectivity index (χ1n) is 9.27. The average molecular weight is 367 g/mol. The van der Waals surface area contributed by atoms with Crippen LogP contribution >= 0.6 is 0 Å². The number of nitrogens with zero attached hydrogens (tertiary/aromatic N) is 1. The van der Waals surface area contributed by atoms with Gasteiger partial charge < -0.3 is 14.7 Å². The van der Waals surface area contributed by atoms with Gasteiger partial charge in [-0.15, -0.1) is 0 Å². The fourth-order valence-corrected chi connectivity index (χ4v) is 3.70. The van der Waals surface area contributed by atoms with E-state index in [1.165, 1.54) is 0 Å². The van der Waals surface area contributed by atoms with Gasteiger partial charge in [0.2, 0.25) is 0 Å². The van der Waals surface area contributed by atoms with Crippen molar-refractivity contribution in [1.29, 1.82) is 0 Å². The molecule has 3 rings (SSSR count). The second-order valence-corrected chi connectivity index (χ2v) is 7.04. The van der Waals surface area contributed by atoms with E-state index in [0.717, 1.165) is 30.4 Å². The molecular formula is C22H25NO4. The standard InChI is InChI=1S/C22H25NO4/c1-27-15-17-5-4-7-19(14-17)21(24)23-11-9-16(10-12-23)13-18-6-2-3-8-20(18)22(25)26/h2-8,14,16H,9-13,15H2,1H3,(H,25,26). The molecule has 1 aliphatic rings. The molecule has 27 heavy (non-hydrogen) atoms. The molecule has 0 radical (unpaired) electrons. The van der Waals surface area contributed by atoms with E-state index in [0.29, 0.717) is 36.7 Å². The first-order valence-corrected chi connectivity index (χ1v) is 9.27. The highest BCUT2D eigenvalue weighted by atomic mass is 16.5. The monoisotopic (exact) mass is 367 g/mol. The van der Waals surface area contributed by atoms with Crippen molar-refractivity contribution in [1.82, 2.24) is 4.90 Å². The number of benzene rings is 2. The van der Waals surface area contributed by atoms with Crippen molar-refractivity contribution in [2.24, 2.45) is 5.92 Å². The lowest BCUT2D eigenvalue weighted by atomic mass is 9.88. The van der Waals surface area contributed by atoms with E-state index in [1.807, 2.05) is 41.3 Å². The Morgan fingerprint density at radius 3 is 2.56 bits per heavy atom. The molecule has 0 saturated carbocycles. The molecule has 1 aliphatic heterocycles. The normalized spacial score (nSPS) is 14.9. The number of carbonyl (C=O) groups is 2. The summed E-state index contributed by atoms with van der Waals surface area (Å²) in [5.74, 6) is -0.430. The van der Waals surface area contributed by atoms with Crippen LogP contribution in [0.3, 0.4) is 0 Å². The van der Waals surface area contributed by atoms with E-state index in [4.69, 9.17) is 4.74 Å². The van der Waals surface area contributed by atoms with Gasteiger partial charge in [0.25, 0.3) is 5.91 Å². The highest BCUT2D eigenvalue weighted by Crippen LogP contribution is 2.24. The van der Waals surface area contributed by atoms with Gasteiger partial charge >= 0.3 is 5.97 Å². The highest BCUT2D eigenvalue weighted by Gasteiger charge is 2.25. The first kappa shape index (κ1) is 19.1.